The van der Waals surface area contributed by atoms with Crippen LogP contribution in [0.5, 0.6) is 5.75 Å². The second kappa shape index (κ2) is 5.26. The summed E-state index contributed by atoms with van der Waals surface area (Å²) in [7, 11) is 0. The number of carboxylic acid groups (broad SMARTS) is 1. The van der Waals surface area contributed by atoms with Crippen molar-refractivity contribution in [3.8, 4) is 5.75 Å². The molecule has 0 saturated carbocycles. The fourth-order valence-corrected chi connectivity index (χ4v) is 3.05. The summed E-state index contributed by atoms with van der Waals surface area (Å²) in [5.41, 5.74) is -0.525. The standard InChI is InChI=1S/C16H18N2O5/c1-9-13(19)17-11-6-3-5-10(12(11)23-9)14(20)18-8-4-7-16(18,2)15(21)22/h3,5-6,9H,4,7-8H2,1-2H3,(H,17,19)(H,21,22). The molecule has 2 unspecified atom stereocenters. The Kier molecular flexibility index (Phi) is 3.50. The first-order chi connectivity index (χ1) is 10.8. The van der Waals surface area contributed by atoms with Crippen LogP contribution in [0.4, 0.5) is 5.69 Å². The molecule has 7 nitrogen and oxygen atoms in total. The number of para-hydroxylation sites is 1. The Hall–Kier alpha value is -2.57. The fourth-order valence-electron chi connectivity index (χ4n) is 3.05. The lowest BCUT2D eigenvalue weighted by Crippen LogP contribution is -2.51. The van der Waals surface area contributed by atoms with Crippen molar-refractivity contribution in [3.05, 3.63) is 23.8 Å². The monoisotopic (exact) mass is 318 g/mol. The number of hydrogen-bond acceptors (Lipinski definition) is 4. The van der Waals surface area contributed by atoms with E-state index in [0.717, 1.165) is 0 Å². The van der Waals surface area contributed by atoms with E-state index >= 15 is 0 Å². The van der Waals surface area contributed by atoms with E-state index in [1.165, 1.54) is 4.90 Å². The molecule has 1 aromatic carbocycles. The molecule has 23 heavy (non-hydrogen) atoms. The maximum atomic E-state index is 12.9. The van der Waals surface area contributed by atoms with E-state index in [-0.39, 0.29) is 11.5 Å². The van der Waals surface area contributed by atoms with Crippen molar-refractivity contribution >= 4 is 23.5 Å². The molecule has 1 fully saturated rings. The second-order valence-electron chi connectivity index (χ2n) is 6.07. The first kappa shape index (κ1) is 15.3. The number of likely N-dealkylation sites (tertiary alicyclic amines) is 1. The third kappa shape index (κ3) is 2.32. The number of carboxylic acids is 1. The predicted molar refractivity (Wildman–Crippen MR) is 81.5 cm³/mol. The number of carbonyl (C=O) groups is 3. The van der Waals surface area contributed by atoms with E-state index < -0.39 is 23.5 Å². The summed E-state index contributed by atoms with van der Waals surface area (Å²) in [5, 5.41) is 12.2. The summed E-state index contributed by atoms with van der Waals surface area (Å²) in [6.07, 6.45) is 0.343. The number of rotatable bonds is 2. The third-order valence-electron chi connectivity index (χ3n) is 4.51. The van der Waals surface area contributed by atoms with Crippen LogP contribution < -0.4 is 10.1 Å². The van der Waals surface area contributed by atoms with Crippen molar-refractivity contribution in [2.75, 3.05) is 11.9 Å². The van der Waals surface area contributed by atoms with Crippen LogP contribution in [0, 0.1) is 0 Å². The fraction of sp³-hybridized carbons (Fsp3) is 0.438. The van der Waals surface area contributed by atoms with Gasteiger partial charge in [0, 0.05) is 6.54 Å². The van der Waals surface area contributed by atoms with E-state index in [1.54, 1.807) is 32.0 Å². The molecule has 2 aliphatic heterocycles. The van der Waals surface area contributed by atoms with Gasteiger partial charge in [0.2, 0.25) is 0 Å². The summed E-state index contributed by atoms with van der Waals surface area (Å²) in [5.74, 6) is -1.40. The average Bonchev–Trinajstić information content (AvgIpc) is 2.90. The lowest BCUT2D eigenvalue weighted by molar-refractivity contribution is -0.147. The zero-order valence-corrected chi connectivity index (χ0v) is 13.0. The number of ether oxygens (including phenoxy) is 1. The molecule has 122 valence electrons. The Morgan fingerprint density at radius 2 is 2.17 bits per heavy atom. The Morgan fingerprint density at radius 3 is 2.87 bits per heavy atom. The molecule has 1 aromatic rings. The van der Waals surface area contributed by atoms with Crippen molar-refractivity contribution in [3.63, 3.8) is 0 Å². The number of amides is 2. The number of carbonyl (C=O) groups excluding carboxylic acids is 2. The van der Waals surface area contributed by atoms with Crippen LogP contribution in [0.3, 0.4) is 0 Å². The maximum absolute atomic E-state index is 12.9. The summed E-state index contributed by atoms with van der Waals surface area (Å²) in [6, 6.07) is 4.88. The van der Waals surface area contributed by atoms with Crippen LogP contribution >= 0.6 is 0 Å². The van der Waals surface area contributed by atoms with Gasteiger partial charge in [0.25, 0.3) is 11.8 Å². The van der Waals surface area contributed by atoms with Crippen molar-refractivity contribution in [2.24, 2.45) is 0 Å². The van der Waals surface area contributed by atoms with Crippen LogP contribution in [-0.4, -0.2) is 46.0 Å². The molecule has 2 heterocycles. The molecule has 0 bridgehead atoms. The summed E-state index contributed by atoms with van der Waals surface area (Å²) >= 11 is 0. The highest BCUT2D eigenvalue weighted by atomic mass is 16.5. The lowest BCUT2D eigenvalue weighted by atomic mass is 9.98. The van der Waals surface area contributed by atoms with Gasteiger partial charge in [0.05, 0.1) is 11.3 Å². The van der Waals surface area contributed by atoms with Gasteiger partial charge in [-0.2, -0.15) is 0 Å². The van der Waals surface area contributed by atoms with Crippen LogP contribution in [0.2, 0.25) is 0 Å². The summed E-state index contributed by atoms with van der Waals surface area (Å²) in [4.78, 5) is 37.5. The first-order valence-corrected chi connectivity index (χ1v) is 7.50. The number of anilines is 1. The quantitative estimate of drug-likeness (QED) is 0.861. The third-order valence-corrected chi connectivity index (χ3v) is 4.51. The van der Waals surface area contributed by atoms with E-state index in [9.17, 15) is 19.5 Å². The smallest absolute Gasteiger partial charge is 0.329 e. The van der Waals surface area contributed by atoms with E-state index in [2.05, 4.69) is 5.32 Å². The van der Waals surface area contributed by atoms with Crippen molar-refractivity contribution in [1.29, 1.82) is 0 Å². The van der Waals surface area contributed by atoms with Gasteiger partial charge in [0.15, 0.2) is 11.9 Å². The van der Waals surface area contributed by atoms with Crippen LogP contribution in [0.1, 0.15) is 37.0 Å². The number of fused-ring (bicyclic) bond motifs is 1. The van der Waals surface area contributed by atoms with Crippen LogP contribution in [-0.2, 0) is 9.59 Å². The SMILES string of the molecule is CC1Oc2c(cccc2C(=O)N2CCCC2(C)C(=O)O)NC1=O. The largest absolute Gasteiger partial charge is 0.480 e. The van der Waals surface area contributed by atoms with Gasteiger partial charge in [-0.25, -0.2) is 4.79 Å². The molecule has 0 spiro atoms. The highest BCUT2D eigenvalue weighted by molar-refractivity contribution is 6.05. The van der Waals surface area contributed by atoms with E-state index in [4.69, 9.17) is 4.74 Å². The first-order valence-electron chi connectivity index (χ1n) is 7.50. The van der Waals surface area contributed by atoms with Crippen LogP contribution in [0.15, 0.2) is 18.2 Å². The predicted octanol–water partition coefficient (Wildman–Crippen LogP) is 1.49. The number of hydrogen-bond donors (Lipinski definition) is 2. The summed E-state index contributed by atoms with van der Waals surface area (Å²) in [6.45, 7) is 3.53. The maximum Gasteiger partial charge on any atom is 0.329 e. The minimum atomic E-state index is -1.22. The number of nitrogens with zero attached hydrogens (tertiary/aromatic N) is 1. The molecule has 0 radical (unpaired) electrons. The van der Waals surface area contributed by atoms with Gasteiger partial charge in [-0.1, -0.05) is 6.07 Å². The molecule has 0 aromatic heterocycles. The van der Waals surface area contributed by atoms with Gasteiger partial charge < -0.3 is 20.1 Å². The number of aliphatic carboxylic acids is 1. The molecule has 1 saturated heterocycles. The zero-order chi connectivity index (χ0) is 16.8. The Bertz CT molecular complexity index is 702. The number of nitrogens with one attached hydrogen (secondary N) is 1. The molecule has 2 amide bonds. The zero-order valence-electron chi connectivity index (χ0n) is 13.0. The van der Waals surface area contributed by atoms with Crippen molar-refractivity contribution < 1.29 is 24.2 Å². The molecule has 2 atom stereocenters. The Morgan fingerprint density at radius 1 is 1.43 bits per heavy atom. The molecule has 2 aliphatic rings. The van der Waals surface area contributed by atoms with Gasteiger partial charge in [0.1, 0.15) is 5.54 Å². The van der Waals surface area contributed by atoms with E-state index in [1.807, 2.05) is 0 Å². The normalized spacial score (nSPS) is 26.3. The topological polar surface area (TPSA) is 95.9 Å². The lowest BCUT2D eigenvalue weighted by Gasteiger charge is -2.32. The van der Waals surface area contributed by atoms with Gasteiger partial charge in [-0.05, 0) is 38.8 Å². The Balaban J connectivity index is 2.00. The molecule has 0 aliphatic carbocycles. The molecular weight excluding hydrogens is 300 g/mol. The molecule has 3 rings (SSSR count). The minimum absolute atomic E-state index is 0.267. The van der Waals surface area contributed by atoms with Crippen molar-refractivity contribution in [1.82, 2.24) is 4.90 Å². The summed E-state index contributed by atoms with van der Waals surface area (Å²) < 4.78 is 5.58. The van der Waals surface area contributed by atoms with Crippen LogP contribution in [0.25, 0.3) is 0 Å². The molecule has 2 N–H and O–H groups in total. The van der Waals surface area contributed by atoms with E-state index in [0.29, 0.717) is 30.8 Å². The highest BCUT2D eigenvalue weighted by Gasteiger charge is 2.47. The minimum Gasteiger partial charge on any atom is -0.480 e. The highest BCUT2D eigenvalue weighted by Crippen LogP contribution is 2.37. The Labute approximate surface area is 133 Å². The molecular formula is C16H18N2O5. The number of benzene rings is 1. The van der Waals surface area contributed by atoms with Gasteiger partial charge >= 0.3 is 5.97 Å². The average molecular weight is 318 g/mol. The van der Waals surface area contributed by atoms with Gasteiger partial charge in [-0.15, -0.1) is 0 Å². The van der Waals surface area contributed by atoms with Crippen molar-refractivity contribution in [2.45, 2.75) is 38.3 Å². The molecule has 7 heteroatoms. The van der Waals surface area contributed by atoms with Gasteiger partial charge in [-0.3, -0.25) is 9.59 Å². The second-order valence-corrected chi connectivity index (χ2v) is 6.07.